The standard InChI is InChI=1S/C24H30O6/c1-4-24(28)10-8-20-18-6-5-15-11-17(26)12-16(13-21(27)30-29-14(2)25)22(15)19(18)7-9-23(20,24)3/h1,11,16,18-20,22,28H,5-10,12-13H2,2-3H3/t16?,18-,19+,20+,22-,23+,24+/m1/s1. The Labute approximate surface area is 177 Å². The number of ketones is 1. The van der Waals surface area contributed by atoms with Crippen molar-refractivity contribution in [1.29, 1.82) is 0 Å². The van der Waals surface area contributed by atoms with Crippen molar-refractivity contribution in [2.45, 2.75) is 70.8 Å². The van der Waals surface area contributed by atoms with Crippen LogP contribution in [0.4, 0.5) is 0 Å². The lowest BCUT2D eigenvalue weighted by Crippen LogP contribution is -2.53. The summed E-state index contributed by atoms with van der Waals surface area (Å²) in [6.45, 7) is 3.31. The highest BCUT2D eigenvalue weighted by molar-refractivity contribution is 5.92. The van der Waals surface area contributed by atoms with E-state index < -0.39 is 17.5 Å². The normalized spacial score (nSPS) is 42.1. The molecule has 30 heavy (non-hydrogen) atoms. The van der Waals surface area contributed by atoms with E-state index in [0.29, 0.717) is 30.6 Å². The van der Waals surface area contributed by atoms with E-state index in [1.54, 1.807) is 6.08 Å². The molecule has 0 amide bonds. The summed E-state index contributed by atoms with van der Waals surface area (Å²) in [5.74, 6) is 2.58. The van der Waals surface area contributed by atoms with Gasteiger partial charge in [0.05, 0.1) is 6.42 Å². The average Bonchev–Trinajstić information content (AvgIpc) is 2.97. The van der Waals surface area contributed by atoms with Crippen molar-refractivity contribution >= 4 is 17.7 Å². The summed E-state index contributed by atoms with van der Waals surface area (Å²) in [6.07, 6.45) is 13.1. The third-order valence-corrected chi connectivity index (χ3v) is 8.54. The molecule has 4 rings (SSSR count). The summed E-state index contributed by atoms with van der Waals surface area (Å²) in [5, 5.41) is 11.1. The van der Waals surface area contributed by atoms with Crippen molar-refractivity contribution in [2.75, 3.05) is 0 Å². The molecule has 0 bridgehead atoms. The van der Waals surface area contributed by atoms with E-state index in [2.05, 4.69) is 22.6 Å². The summed E-state index contributed by atoms with van der Waals surface area (Å²) in [5.41, 5.74) is -0.181. The smallest absolute Gasteiger partial charge is 0.355 e. The van der Waals surface area contributed by atoms with Crippen molar-refractivity contribution < 1.29 is 29.3 Å². The molecule has 4 aliphatic rings. The van der Waals surface area contributed by atoms with E-state index in [9.17, 15) is 19.5 Å². The molecular weight excluding hydrogens is 384 g/mol. The van der Waals surface area contributed by atoms with Crippen molar-refractivity contribution in [1.82, 2.24) is 0 Å². The number of carbonyl (C=O) groups excluding carboxylic acids is 3. The van der Waals surface area contributed by atoms with Crippen LogP contribution in [-0.4, -0.2) is 28.4 Å². The molecule has 0 radical (unpaired) electrons. The SMILES string of the molecule is C#C[C@]1(O)CC[C@H]2[C@@H]3CCC4=CC(=O)CC(CC(=O)OOC(C)=O)[C@@H]4[C@H]3CC[C@@]21C. The highest BCUT2D eigenvalue weighted by atomic mass is 17.2. The van der Waals surface area contributed by atoms with Gasteiger partial charge in [0.2, 0.25) is 0 Å². The van der Waals surface area contributed by atoms with E-state index in [1.807, 2.05) is 0 Å². The number of carbonyl (C=O) groups is 3. The van der Waals surface area contributed by atoms with Crippen LogP contribution in [0.3, 0.4) is 0 Å². The fourth-order valence-corrected chi connectivity index (χ4v) is 7.23. The summed E-state index contributed by atoms with van der Waals surface area (Å²) >= 11 is 0. The summed E-state index contributed by atoms with van der Waals surface area (Å²) in [7, 11) is 0. The lowest BCUT2D eigenvalue weighted by atomic mass is 9.49. The monoisotopic (exact) mass is 414 g/mol. The molecule has 3 saturated carbocycles. The number of hydrogen-bond acceptors (Lipinski definition) is 6. The van der Waals surface area contributed by atoms with Crippen LogP contribution >= 0.6 is 0 Å². The zero-order valence-corrected chi connectivity index (χ0v) is 17.7. The van der Waals surface area contributed by atoms with Crippen LogP contribution in [0.25, 0.3) is 0 Å². The van der Waals surface area contributed by atoms with Crippen LogP contribution in [0.1, 0.15) is 65.2 Å². The summed E-state index contributed by atoms with van der Waals surface area (Å²) < 4.78 is 0. The Morgan fingerprint density at radius 3 is 2.70 bits per heavy atom. The minimum atomic E-state index is -1.05. The average molecular weight is 414 g/mol. The van der Waals surface area contributed by atoms with Gasteiger partial charge in [-0.1, -0.05) is 18.4 Å². The first-order valence-corrected chi connectivity index (χ1v) is 11.0. The van der Waals surface area contributed by atoms with Gasteiger partial charge in [0.25, 0.3) is 0 Å². The predicted molar refractivity (Wildman–Crippen MR) is 107 cm³/mol. The molecule has 0 aromatic carbocycles. The second-order valence-electron chi connectivity index (χ2n) is 9.88. The summed E-state index contributed by atoms with van der Waals surface area (Å²) in [6, 6.07) is 0. The van der Waals surface area contributed by atoms with Crippen LogP contribution in [-0.2, 0) is 24.2 Å². The van der Waals surface area contributed by atoms with Gasteiger partial charge >= 0.3 is 11.9 Å². The molecule has 162 valence electrons. The molecule has 4 aliphatic carbocycles. The Bertz CT molecular complexity index is 837. The molecule has 0 saturated heterocycles. The molecule has 0 aliphatic heterocycles. The predicted octanol–water partition coefficient (Wildman–Crippen LogP) is 3.13. The zero-order valence-electron chi connectivity index (χ0n) is 17.7. The van der Waals surface area contributed by atoms with Crippen molar-refractivity contribution in [3.05, 3.63) is 11.6 Å². The Morgan fingerprint density at radius 1 is 1.23 bits per heavy atom. The van der Waals surface area contributed by atoms with Gasteiger partial charge in [-0.15, -0.1) is 6.42 Å². The van der Waals surface area contributed by atoms with E-state index in [4.69, 9.17) is 6.42 Å². The maximum absolute atomic E-state index is 12.3. The van der Waals surface area contributed by atoms with Crippen molar-refractivity contribution in [2.24, 2.45) is 35.0 Å². The molecule has 0 aromatic heterocycles. The van der Waals surface area contributed by atoms with Gasteiger partial charge in [-0.05, 0) is 74.2 Å². The van der Waals surface area contributed by atoms with Crippen LogP contribution in [0.5, 0.6) is 0 Å². The molecule has 7 atom stereocenters. The molecule has 1 unspecified atom stereocenters. The molecule has 1 N–H and O–H groups in total. The summed E-state index contributed by atoms with van der Waals surface area (Å²) in [4.78, 5) is 44.5. The number of terminal acetylenes is 1. The Balaban J connectivity index is 1.57. The molecule has 6 heteroatoms. The molecule has 6 nitrogen and oxygen atoms in total. The highest BCUT2D eigenvalue weighted by Crippen LogP contribution is 2.65. The fraction of sp³-hybridized carbons (Fsp3) is 0.708. The molecule has 0 aromatic rings. The Hall–Kier alpha value is -2.13. The molecule has 3 fully saturated rings. The topological polar surface area (TPSA) is 89.9 Å². The van der Waals surface area contributed by atoms with Gasteiger partial charge in [-0.2, -0.15) is 0 Å². The first-order chi connectivity index (χ1) is 14.2. The van der Waals surface area contributed by atoms with Crippen molar-refractivity contribution in [3.63, 3.8) is 0 Å². The molecule has 0 heterocycles. The van der Waals surface area contributed by atoms with Gasteiger partial charge in [-0.3, -0.25) is 4.79 Å². The number of hydrogen-bond donors (Lipinski definition) is 1. The van der Waals surface area contributed by atoms with Crippen LogP contribution in [0, 0.1) is 47.3 Å². The largest absolute Gasteiger partial charge is 0.377 e. The highest BCUT2D eigenvalue weighted by Gasteiger charge is 2.62. The zero-order chi connectivity index (χ0) is 21.7. The van der Waals surface area contributed by atoms with Crippen LogP contribution in [0.15, 0.2) is 11.6 Å². The fourth-order valence-electron chi connectivity index (χ4n) is 7.23. The Kier molecular flexibility index (Phi) is 5.30. The van der Waals surface area contributed by atoms with Crippen LogP contribution < -0.4 is 0 Å². The second-order valence-corrected chi connectivity index (χ2v) is 9.88. The Morgan fingerprint density at radius 2 is 2.00 bits per heavy atom. The number of allylic oxidation sites excluding steroid dienone is 1. The van der Waals surface area contributed by atoms with Gasteiger partial charge in [0.1, 0.15) is 5.60 Å². The molecule has 0 spiro atoms. The lowest BCUT2D eigenvalue weighted by Gasteiger charge is -2.55. The van der Waals surface area contributed by atoms with E-state index in [0.717, 1.165) is 37.7 Å². The van der Waals surface area contributed by atoms with Crippen LogP contribution in [0.2, 0.25) is 0 Å². The quantitative estimate of drug-likeness (QED) is 0.424. The van der Waals surface area contributed by atoms with Gasteiger partial charge in [0, 0.05) is 18.8 Å². The van der Waals surface area contributed by atoms with Gasteiger partial charge in [0.15, 0.2) is 5.78 Å². The first-order valence-electron chi connectivity index (χ1n) is 11.0. The van der Waals surface area contributed by atoms with Crippen molar-refractivity contribution in [3.8, 4) is 12.3 Å². The maximum atomic E-state index is 12.3. The number of fused-ring (bicyclic) bond motifs is 5. The van der Waals surface area contributed by atoms with E-state index in [1.165, 1.54) is 6.92 Å². The third kappa shape index (κ3) is 3.28. The number of aliphatic hydroxyl groups is 1. The maximum Gasteiger partial charge on any atom is 0.355 e. The van der Waals surface area contributed by atoms with Gasteiger partial charge < -0.3 is 5.11 Å². The number of rotatable bonds is 2. The molecular formula is C24H30O6. The first kappa shape index (κ1) is 21.1. The lowest BCUT2D eigenvalue weighted by molar-refractivity contribution is -0.258. The second kappa shape index (κ2) is 7.53. The van der Waals surface area contributed by atoms with E-state index >= 15 is 0 Å². The minimum absolute atomic E-state index is 0.0493. The van der Waals surface area contributed by atoms with Gasteiger partial charge in [-0.25, -0.2) is 19.4 Å². The van der Waals surface area contributed by atoms with E-state index in [-0.39, 0.29) is 29.5 Å². The minimum Gasteiger partial charge on any atom is -0.377 e. The third-order valence-electron chi connectivity index (χ3n) is 8.54.